The zero-order valence-electron chi connectivity index (χ0n) is 12.5. The summed E-state index contributed by atoms with van der Waals surface area (Å²) in [5.41, 5.74) is -0.550. The van der Waals surface area contributed by atoms with Crippen LogP contribution in [-0.4, -0.2) is 44.8 Å². The first-order chi connectivity index (χ1) is 8.72. The van der Waals surface area contributed by atoms with Crippen molar-refractivity contribution in [3.05, 3.63) is 11.6 Å². The van der Waals surface area contributed by atoms with E-state index in [0.29, 0.717) is 19.3 Å². The first-order valence-electron chi connectivity index (χ1n) is 7.04. The lowest BCUT2D eigenvalue weighted by Gasteiger charge is -2.21. The first-order valence-corrected chi connectivity index (χ1v) is 7.04. The van der Waals surface area contributed by atoms with E-state index in [1.165, 1.54) is 5.57 Å². The molecule has 2 atom stereocenters. The van der Waals surface area contributed by atoms with Gasteiger partial charge >= 0.3 is 0 Å². The maximum atomic E-state index is 9.89. The predicted octanol–water partition coefficient (Wildman–Crippen LogP) is 1.76. The normalized spacial score (nSPS) is 19.0. The summed E-state index contributed by atoms with van der Waals surface area (Å²) in [5, 5.41) is 37.3. The fourth-order valence-electron chi connectivity index (χ4n) is 1.92. The van der Waals surface area contributed by atoms with Crippen LogP contribution in [0.4, 0.5) is 0 Å². The Balaban J connectivity index is 3.89. The highest BCUT2D eigenvalue weighted by Crippen LogP contribution is 2.19. The zero-order chi connectivity index (χ0) is 14.9. The highest BCUT2D eigenvalue weighted by Gasteiger charge is 2.19. The van der Waals surface area contributed by atoms with Crippen LogP contribution in [0.25, 0.3) is 0 Å². The van der Waals surface area contributed by atoms with Crippen molar-refractivity contribution >= 4 is 0 Å². The van der Waals surface area contributed by atoms with Crippen LogP contribution in [0.2, 0.25) is 0 Å². The van der Waals surface area contributed by atoms with Crippen molar-refractivity contribution in [1.82, 2.24) is 0 Å². The van der Waals surface area contributed by atoms with Gasteiger partial charge in [0.2, 0.25) is 0 Å². The van der Waals surface area contributed by atoms with Gasteiger partial charge in [-0.05, 0) is 59.3 Å². The molecule has 0 saturated carbocycles. The zero-order valence-corrected chi connectivity index (χ0v) is 12.5. The molecule has 4 heteroatoms. The summed E-state index contributed by atoms with van der Waals surface area (Å²) >= 11 is 0. The van der Waals surface area contributed by atoms with Gasteiger partial charge in [-0.3, -0.25) is 0 Å². The average Bonchev–Trinajstić information content (AvgIpc) is 2.28. The summed E-state index contributed by atoms with van der Waals surface area (Å²) in [6, 6.07) is 0. The van der Waals surface area contributed by atoms with Crippen LogP contribution in [0.5, 0.6) is 0 Å². The molecule has 0 radical (unpaired) electrons. The average molecular weight is 274 g/mol. The van der Waals surface area contributed by atoms with Crippen LogP contribution < -0.4 is 0 Å². The van der Waals surface area contributed by atoms with Crippen molar-refractivity contribution in [2.75, 3.05) is 13.2 Å². The van der Waals surface area contributed by atoms with Crippen LogP contribution in [-0.2, 0) is 0 Å². The third kappa shape index (κ3) is 10.1. The van der Waals surface area contributed by atoms with Gasteiger partial charge in [-0.1, -0.05) is 11.6 Å². The summed E-state index contributed by atoms with van der Waals surface area (Å²) in [5.74, 6) is 0. The highest BCUT2D eigenvalue weighted by molar-refractivity contribution is 4.98. The van der Waals surface area contributed by atoms with E-state index in [-0.39, 0.29) is 13.2 Å². The van der Waals surface area contributed by atoms with Crippen molar-refractivity contribution in [2.24, 2.45) is 0 Å². The van der Waals surface area contributed by atoms with Crippen LogP contribution >= 0.6 is 0 Å². The Morgan fingerprint density at radius 1 is 1.00 bits per heavy atom. The van der Waals surface area contributed by atoms with Gasteiger partial charge in [-0.2, -0.15) is 0 Å². The van der Waals surface area contributed by atoms with E-state index in [1.807, 2.05) is 6.92 Å². The van der Waals surface area contributed by atoms with E-state index in [0.717, 1.165) is 19.3 Å². The summed E-state index contributed by atoms with van der Waals surface area (Å²) in [6.45, 7) is 5.21. The molecule has 0 fully saturated rings. The van der Waals surface area contributed by atoms with E-state index in [1.54, 1.807) is 13.8 Å². The molecule has 0 saturated heterocycles. The molecule has 0 aliphatic heterocycles. The standard InChI is InChI=1S/C15H30O4/c1-13(7-5-9-15(3,19)12-17)6-4-8-14(2,18)10-11-16/h6,16-19H,4-5,7-12H2,1-3H3. The van der Waals surface area contributed by atoms with Gasteiger partial charge in [-0.25, -0.2) is 0 Å². The van der Waals surface area contributed by atoms with Gasteiger partial charge in [0, 0.05) is 6.61 Å². The van der Waals surface area contributed by atoms with Crippen LogP contribution in [0, 0.1) is 0 Å². The van der Waals surface area contributed by atoms with Crippen molar-refractivity contribution in [1.29, 1.82) is 0 Å². The molecular formula is C15H30O4. The number of hydrogen-bond donors (Lipinski definition) is 4. The van der Waals surface area contributed by atoms with Crippen molar-refractivity contribution in [2.45, 2.75) is 70.5 Å². The van der Waals surface area contributed by atoms with E-state index in [4.69, 9.17) is 10.2 Å². The van der Waals surface area contributed by atoms with Crippen LogP contribution in [0.15, 0.2) is 11.6 Å². The lowest BCUT2D eigenvalue weighted by Crippen LogP contribution is -2.28. The Morgan fingerprint density at radius 3 is 2.16 bits per heavy atom. The monoisotopic (exact) mass is 274 g/mol. The maximum Gasteiger partial charge on any atom is 0.0849 e. The van der Waals surface area contributed by atoms with Gasteiger partial charge < -0.3 is 20.4 Å². The first kappa shape index (κ1) is 18.6. The Bertz CT molecular complexity index is 269. The van der Waals surface area contributed by atoms with Gasteiger partial charge in [0.25, 0.3) is 0 Å². The third-order valence-corrected chi connectivity index (χ3v) is 3.45. The molecule has 0 spiro atoms. The molecule has 0 rings (SSSR count). The summed E-state index contributed by atoms with van der Waals surface area (Å²) in [7, 11) is 0. The quantitative estimate of drug-likeness (QED) is 0.458. The second kappa shape index (κ2) is 8.69. The molecular weight excluding hydrogens is 244 g/mol. The lowest BCUT2D eigenvalue weighted by molar-refractivity contribution is -0.00640. The van der Waals surface area contributed by atoms with E-state index >= 15 is 0 Å². The van der Waals surface area contributed by atoms with Crippen LogP contribution in [0.3, 0.4) is 0 Å². The minimum Gasteiger partial charge on any atom is -0.396 e. The fraction of sp³-hybridized carbons (Fsp3) is 0.867. The third-order valence-electron chi connectivity index (χ3n) is 3.45. The molecule has 0 aromatic rings. The topological polar surface area (TPSA) is 80.9 Å². The minimum atomic E-state index is -0.981. The summed E-state index contributed by atoms with van der Waals surface area (Å²) in [6.07, 6.45) is 6.23. The van der Waals surface area contributed by atoms with Gasteiger partial charge in [-0.15, -0.1) is 0 Å². The minimum absolute atomic E-state index is 0.00589. The number of hydrogen-bond acceptors (Lipinski definition) is 4. The van der Waals surface area contributed by atoms with Crippen molar-refractivity contribution in [3.8, 4) is 0 Å². The molecule has 4 nitrogen and oxygen atoms in total. The second-order valence-electron chi connectivity index (χ2n) is 6.07. The molecule has 0 bridgehead atoms. The fourth-order valence-corrected chi connectivity index (χ4v) is 1.92. The molecule has 0 aliphatic rings. The van der Waals surface area contributed by atoms with Gasteiger partial charge in [0.1, 0.15) is 0 Å². The molecule has 114 valence electrons. The molecule has 0 amide bonds. The van der Waals surface area contributed by atoms with Crippen LogP contribution in [0.1, 0.15) is 59.3 Å². The Labute approximate surface area is 116 Å². The Kier molecular flexibility index (Phi) is 8.50. The highest BCUT2D eigenvalue weighted by atomic mass is 16.3. The maximum absolute atomic E-state index is 9.89. The SMILES string of the molecule is CC(=CCCC(C)(O)CCO)CCCC(C)(O)CO. The Hall–Kier alpha value is -0.420. The molecule has 0 aliphatic carbocycles. The van der Waals surface area contributed by atoms with Gasteiger partial charge in [0.15, 0.2) is 0 Å². The number of aliphatic hydroxyl groups excluding tert-OH is 2. The van der Waals surface area contributed by atoms with E-state index < -0.39 is 11.2 Å². The Morgan fingerprint density at radius 2 is 1.63 bits per heavy atom. The largest absolute Gasteiger partial charge is 0.396 e. The molecule has 0 aromatic carbocycles. The molecule has 2 unspecified atom stereocenters. The van der Waals surface area contributed by atoms with E-state index in [9.17, 15) is 10.2 Å². The number of aliphatic hydroxyl groups is 4. The molecule has 4 N–H and O–H groups in total. The summed E-state index contributed by atoms with van der Waals surface area (Å²) in [4.78, 5) is 0. The molecule has 19 heavy (non-hydrogen) atoms. The number of rotatable bonds is 10. The number of allylic oxidation sites excluding steroid dienone is 2. The predicted molar refractivity (Wildman–Crippen MR) is 76.9 cm³/mol. The summed E-state index contributed by atoms with van der Waals surface area (Å²) < 4.78 is 0. The second-order valence-corrected chi connectivity index (χ2v) is 6.07. The van der Waals surface area contributed by atoms with E-state index in [2.05, 4.69) is 6.08 Å². The van der Waals surface area contributed by atoms with Gasteiger partial charge in [0.05, 0.1) is 17.8 Å². The molecule has 0 aromatic heterocycles. The smallest absolute Gasteiger partial charge is 0.0849 e. The van der Waals surface area contributed by atoms with Crippen molar-refractivity contribution in [3.63, 3.8) is 0 Å². The lowest BCUT2D eigenvalue weighted by atomic mass is 9.94. The van der Waals surface area contributed by atoms with Crippen molar-refractivity contribution < 1.29 is 20.4 Å². The molecule has 0 heterocycles.